The minimum absolute atomic E-state index is 0.135. The lowest BCUT2D eigenvalue weighted by atomic mass is 9.60. The highest BCUT2D eigenvalue weighted by Crippen LogP contribution is 2.55. The van der Waals surface area contributed by atoms with Crippen molar-refractivity contribution in [2.75, 3.05) is 0 Å². The van der Waals surface area contributed by atoms with Crippen molar-refractivity contribution in [2.24, 2.45) is 11.8 Å². The summed E-state index contributed by atoms with van der Waals surface area (Å²) in [5, 5.41) is 22.6. The molecule has 0 aliphatic carbocycles. The molecule has 26 heavy (non-hydrogen) atoms. The lowest BCUT2D eigenvalue weighted by Crippen LogP contribution is -2.57. The van der Waals surface area contributed by atoms with E-state index in [0.29, 0.717) is 32.1 Å². The Kier molecular flexibility index (Phi) is 7.41. The molecule has 0 radical (unpaired) electrons. The summed E-state index contributed by atoms with van der Waals surface area (Å²) in [5.41, 5.74) is -1.80. The molecule has 0 spiro atoms. The Morgan fingerprint density at radius 3 is 2.04 bits per heavy atom. The third kappa shape index (κ3) is 3.80. The van der Waals surface area contributed by atoms with Crippen molar-refractivity contribution in [1.29, 1.82) is 0 Å². The van der Waals surface area contributed by atoms with Gasteiger partial charge in [-0.2, -0.15) is 0 Å². The van der Waals surface area contributed by atoms with Gasteiger partial charge in [0.1, 0.15) is 16.1 Å². The molecule has 2 N–H and O–H groups in total. The first-order chi connectivity index (χ1) is 12.2. The fourth-order valence-electron chi connectivity index (χ4n) is 4.96. The van der Waals surface area contributed by atoms with E-state index in [9.17, 15) is 15.0 Å². The molecule has 0 amide bonds. The summed E-state index contributed by atoms with van der Waals surface area (Å²) in [6, 6.07) is 0. The Balaban J connectivity index is 2.32. The van der Waals surface area contributed by atoms with Crippen LogP contribution >= 0.6 is 22.6 Å². The molecule has 2 bridgehead atoms. The largest absolute Gasteiger partial charge is 0.459 e. The molecule has 0 aromatic rings. The zero-order valence-corrected chi connectivity index (χ0v) is 18.9. The minimum atomic E-state index is -0.929. The highest BCUT2D eigenvalue weighted by atomic mass is 127. The summed E-state index contributed by atoms with van der Waals surface area (Å²) in [5.74, 6) is -0.570. The Bertz CT molecular complexity index is 489. The Labute approximate surface area is 171 Å². The molecule has 0 saturated carbocycles. The van der Waals surface area contributed by atoms with Crippen LogP contribution in [0, 0.1) is 11.8 Å². The minimum Gasteiger partial charge on any atom is -0.459 e. The topological polar surface area (TPSA) is 76.0 Å². The normalized spacial score (nSPS) is 32.7. The van der Waals surface area contributed by atoms with Crippen molar-refractivity contribution >= 4 is 28.6 Å². The van der Waals surface area contributed by atoms with Crippen LogP contribution in [0.15, 0.2) is 0 Å². The van der Waals surface area contributed by atoms with Gasteiger partial charge in [-0.05, 0) is 32.1 Å². The fraction of sp³-hybridized carbons (Fsp3) is 0.950. The standard InChI is InChI=1S/C20H35IO5/c1-6-12(21)18(22)26-14-11-13-15(19(23,7-2)8-3)16(17(14)25-13)20(24,9-4)10-5/h12-17,23-24H,6-11H2,1-5H3. The van der Waals surface area contributed by atoms with E-state index in [-0.39, 0.29) is 40.0 Å². The van der Waals surface area contributed by atoms with Crippen LogP contribution in [0.2, 0.25) is 0 Å². The first-order valence-electron chi connectivity index (χ1n) is 10.2. The lowest BCUT2D eigenvalue weighted by Gasteiger charge is -2.48. The van der Waals surface area contributed by atoms with Crippen LogP contribution in [-0.2, 0) is 14.3 Å². The molecule has 5 nitrogen and oxygen atoms in total. The summed E-state index contributed by atoms with van der Waals surface area (Å²) >= 11 is 2.11. The van der Waals surface area contributed by atoms with Crippen molar-refractivity contribution in [3.63, 3.8) is 0 Å². The van der Waals surface area contributed by atoms with E-state index in [1.165, 1.54) is 0 Å². The van der Waals surface area contributed by atoms with E-state index in [0.717, 1.165) is 6.42 Å². The molecule has 2 fully saturated rings. The van der Waals surface area contributed by atoms with Gasteiger partial charge in [0.25, 0.3) is 0 Å². The molecule has 6 unspecified atom stereocenters. The summed E-state index contributed by atoms with van der Waals surface area (Å²) in [7, 11) is 0. The number of halogens is 1. The number of aliphatic hydroxyl groups is 2. The van der Waals surface area contributed by atoms with Crippen molar-refractivity contribution in [3.8, 4) is 0 Å². The number of rotatable bonds is 9. The summed E-state index contributed by atoms with van der Waals surface area (Å²) in [4.78, 5) is 12.3. The van der Waals surface area contributed by atoms with Crippen LogP contribution in [0.4, 0.5) is 0 Å². The summed E-state index contributed by atoms with van der Waals surface area (Å²) in [6.45, 7) is 9.89. The molecule has 2 aliphatic rings. The van der Waals surface area contributed by atoms with Crippen LogP contribution in [0.3, 0.4) is 0 Å². The fourth-order valence-corrected chi connectivity index (χ4v) is 5.11. The van der Waals surface area contributed by atoms with Gasteiger partial charge in [0.15, 0.2) is 0 Å². The maximum atomic E-state index is 12.3. The molecule has 2 saturated heterocycles. The van der Waals surface area contributed by atoms with Gasteiger partial charge in [-0.3, -0.25) is 4.79 Å². The van der Waals surface area contributed by atoms with Crippen LogP contribution in [-0.4, -0.2) is 49.6 Å². The van der Waals surface area contributed by atoms with Gasteiger partial charge in [0.2, 0.25) is 0 Å². The van der Waals surface area contributed by atoms with Gasteiger partial charge in [-0.1, -0.05) is 57.2 Å². The van der Waals surface area contributed by atoms with Crippen LogP contribution in [0.25, 0.3) is 0 Å². The lowest BCUT2D eigenvalue weighted by molar-refractivity contribution is -0.163. The number of carbonyl (C=O) groups is 1. The number of hydrogen-bond donors (Lipinski definition) is 2. The van der Waals surface area contributed by atoms with E-state index >= 15 is 0 Å². The molecule has 0 aromatic carbocycles. The van der Waals surface area contributed by atoms with Crippen LogP contribution in [0.5, 0.6) is 0 Å². The zero-order chi connectivity index (χ0) is 19.7. The van der Waals surface area contributed by atoms with Gasteiger partial charge in [-0.15, -0.1) is 0 Å². The Morgan fingerprint density at radius 2 is 1.58 bits per heavy atom. The highest BCUT2D eigenvalue weighted by Gasteiger charge is 2.65. The summed E-state index contributed by atoms with van der Waals surface area (Å²) in [6.07, 6.45) is 2.91. The molecule has 2 aliphatic heterocycles. The molecule has 2 rings (SSSR count). The number of esters is 1. The van der Waals surface area contributed by atoms with Gasteiger partial charge < -0.3 is 19.7 Å². The monoisotopic (exact) mass is 482 g/mol. The first-order valence-corrected chi connectivity index (χ1v) is 11.4. The van der Waals surface area contributed by atoms with Crippen molar-refractivity contribution in [3.05, 3.63) is 0 Å². The third-order valence-electron chi connectivity index (χ3n) is 6.88. The molecule has 2 heterocycles. The Morgan fingerprint density at radius 1 is 1.08 bits per heavy atom. The van der Waals surface area contributed by atoms with Gasteiger partial charge in [0.05, 0.1) is 17.3 Å². The quantitative estimate of drug-likeness (QED) is 0.298. The number of fused-ring (bicyclic) bond motifs is 2. The SMILES string of the molecule is CCC(I)C(=O)OC1CC2OC1C(C(O)(CC)CC)C2C(O)(CC)CC. The average molecular weight is 482 g/mol. The zero-order valence-electron chi connectivity index (χ0n) is 16.7. The van der Waals surface area contributed by atoms with E-state index in [4.69, 9.17) is 9.47 Å². The highest BCUT2D eigenvalue weighted by molar-refractivity contribution is 14.1. The van der Waals surface area contributed by atoms with Crippen molar-refractivity contribution in [1.82, 2.24) is 0 Å². The third-order valence-corrected chi connectivity index (χ3v) is 8.27. The maximum Gasteiger partial charge on any atom is 0.319 e. The van der Waals surface area contributed by atoms with Crippen molar-refractivity contribution < 1.29 is 24.5 Å². The average Bonchev–Trinajstić information content (AvgIpc) is 3.24. The van der Waals surface area contributed by atoms with E-state index in [1.807, 2.05) is 34.6 Å². The van der Waals surface area contributed by atoms with Crippen LogP contribution in [0.1, 0.15) is 73.1 Å². The first kappa shape index (κ1) is 22.4. The van der Waals surface area contributed by atoms with Crippen molar-refractivity contribution in [2.45, 2.75) is 107 Å². The van der Waals surface area contributed by atoms with E-state index < -0.39 is 11.2 Å². The number of ether oxygens (including phenoxy) is 2. The van der Waals surface area contributed by atoms with Crippen LogP contribution < -0.4 is 0 Å². The van der Waals surface area contributed by atoms with E-state index in [1.54, 1.807) is 0 Å². The van der Waals surface area contributed by atoms with E-state index in [2.05, 4.69) is 22.6 Å². The second-order valence-corrected chi connectivity index (χ2v) is 9.40. The van der Waals surface area contributed by atoms with Gasteiger partial charge in [-0.25, -0.2) is 0 Å². The smallest absolute Gasteiger partial charge is 0.319 e. The maximum absolute atomic E-state index is 12.3. The second kappa shape index (κ2) is 8.62. The molecule has 6 atom stereocenters. The van der Waals surface area contributed by atoms with Gasteiger partial charge >= 0.3 is 5.97 Å². The summed E-state index contributed by atoms with van der Waals surface area (Å²) < 4.78 is 11.8. The predicted octanol–water partition coefficient (Wildman–Crippen LogP) is 3.62. The molecule has 6 heteroatoms. The number of alkyl halides is 1. The molecular formula is C20H35IO5. The molecular weight excluding hydrogens is 447 g/mol. The number of carbonyl (C=O) groups excluding carboxylic acids is 1. The Hall–Kier alpha value is 0.0800. The predicted molar refractivity (Wildman–Crippen MR) is 109 cm³/mol. The number of hydrogen-bond acceptors (Lipinski definition) is 5. The van der Waals surface area contributed by atoms with Gasteiger partial charge in [0, 0.05) is 18.3 Å². The second-order valence-electron chi connectivity index (χ2n) is 7.90. The molecule has 152 valence electrons. The molecule has 0 aromatic heterocycles.